The predicted octanol–water partition coefficient (Wildman–Crippen LogP) is 5.37. The van der Waals surface area contributed by atoms with Crippen molar-refractivity contribution in [2.75, 3.05) is 5.32 Å². The number of aryl methyl sites for hydroxylation is 1. The van der Waals surface area contributed by atoms with Crippen molar-refractivity contribution in [2.45, 2.75) is 13.3 Å². The van der Waals surface area contributed by atoms with Crippen LogP contribution in [0, 0.1) is 24.4 Å². The van der Waals surface area contributed by atoms with E-state index in [1.165, 1.54) is 30.3 Å². The standard InChI is InChI=1S/C24H16F3NO3/c1-13-23(16-4-2-3-5-18(16)26)24(30)17-8-6-14(10-21(17)31-13)11-22(29)28-20-9-7-15(25)12-19(20)27/h2-10,12H,11H2,1H3,(H,28,29). The van der Waals surface area contributed by atoms with E-state index < -0.39 is 23.4 Å². The van der Waals surface area contributed by atoms with Crippen molar-refractivity contribution in [3.8, 4) is 11.1 Å². The van der Waals surface area contributed by atoms with E-state index in [1.807, 2.05) is 0 Å². The smallest absolute Gasteiger partial charge is 0.228 e. The number of anilines is 1. The van der Waals surface area contributed by atoms with Crippen molar-refractivity contribution in [3.05, 3.63) is 99.7 Å². The largest absolute Gasteiger partial charge is 0.460 e. The number of rotatable bonds is 4. The summed E-state index contributed by atoms with van der Waals surface area (Å²) in [5, 5.41) is 2.63. The minimum Gasteiger partial charge on any atom is -0.460 e. The van der Waals surface area contributed by atoms with E-state index in [0.29, 0.717) is 11.6 Å². The van der Waals surface area contributed by atoms with Gasteiger partial charge in [-0.25, -0.2) is 13.2 Å². The fourth-order valence-electron chi connectivity index (χ4n) is 3.41. The maximum atomic E-state index is 14.2. The Morgan fingerprint density at radius 3 is 2.48 bits per heavy atom. The molecule has 1 amide bonds. The van der Waals surface area contributed by atoms with Crippen LogP contribution in [0.4, 0.5) is 18.9 Å². The van der Waals surface area contributed by atoms with Gasteiger partial charge < -0.3 is 9.73 Å². The lowest BCUT2D eigenvalue weighted by Gasteiger charge is -2.10. The molecule has 4 aromatic rings. The van der Waals surface area contributed by atoms with Crippen molar-refractivity contribution in [1.29, 1.82) is 0 Å². The minimum atomic E-state index is -0.880. The van der Waals surface area contributed by atoms with Crippen LogP contribution in [0.5, 0.6) is 0 Å². The normalized spacial score (nSPS) is 11.0. The zero-order chi connectivity index (χ0) is 22.1. The molecular formula is C24H16F3NO3. The fraction of sp³-hybridized carbons (Fsp3) is 0.0833. The van der Waals surface area contributed by atoms with Crippen molar-refractivity contribution < 1.29 is 22.4 Å². The number of nitrogens with one attached hydrogen (secondary N) is 1. The van der Waals surface area contributed by atoms with Crippen LogP contribution in [-0.4, -0.2) is 5.91 Å². The molecule has 1 aromatic heterocycles. The van der Waals surface area contributed by atoms with Gasteiger partial charge in [-0.15, -0.1) is 0 Å². The first-order valence-corrected chi connectivity index (χ1v) is 9.39. The Morgan fingerprint density at radius 1 is 0.968 bits per heavy atom. The molecule has 4 nitrogen and oxygen atoms in total. The number of carbonyl (C=O) groups is 1. The molecule has 156 valence electrons. The molecule has 1 N–H and O–H groups in total. The van der Waals surface area contributed by atoms with E-state index in [9.17, 15) is 22.8 Å². The third kappa shape index (κ3) is 4.07. The van der Waals surface area contributed by atoms with Crippen LogP contribution in [0.1, 0.15) is 11.3 Å². The van der Waals surface area contributed by atoms with Gasteiger partial charge in [-0.05, 0) is 42.8 Å². The van der Waals surface area contributed by atoms with Crippen LogP contribution in [0.25, 0.3) is 22.1 Å². The second-order valence-electron chi connectivity index (χ2n) is 7.02. The second kappa shape index (κ2) is 8.10. The van der Waals surface area contributed by atoms with Crippen LogP contribution in [0.2, 0.25) is 0 Å². The van der Waals surface area contributed by atoms with Gasteiger partial charge in [0.1, 0.15) is 28.8 Å². The van der Waals surface area contributed by atoms with E-state index in [4.69, 9.17) is 4.42 Å². The molecule has 0 unspecified atom stereocenters. The first-order chi connectivity index (χ1) is 14.8. The molecule has 0 radical (unpaired) electrons. The average Bonchev–Trinajstić information content (AvgIpc) is 2.71. The van der Waals surface area contributed by atoms with Crippen molar-refractivity contribution >= 4 is 22.6 Å². The lowest BCUT2D eigenvalue weighted by Crippen LogP contribution is -2.15. The number of benzene rings is 3. The van der Waals surface area contributed by atoms with Gasteiger partial charge in [0.05, 0.1) is 23.1 Å². The topological polar surface area (TPSA) is 59.3 Å². The molecule has 31 heavy (non-hydrogen) atoms. The Bertz CT molecular complexity index is 1380. The average molecular weight is 423 g/mol. The molecule has 0 aliphatic heterocycles. The summed E-state index contributed by atoms with van der Waals surface area (Å²) in [6, 6.07) is 13.4. The number of hydrogen-bond acceptors (Lipinski definition) is 3. The molecule has 7 heteroatoms. The monoisotopic (exact) mass is 423 g/mol. The zero-order valence-corrected chi connectivity index (χ0v) is 16.3. The van der Waals surface area contributed by atoms with Crippen LogP contribution in [0.3, 0.4) is 0 Å². The van der Waals surface area contributed by atoms with Crippen molar-refractivity contribution in [3.63, 3.8) is 0 Å². The highest BCUT2D eigenvalue weighted by atomic mass is 19.1. The molecule has 0 saturated carbocycles. The van der Waals surface area contributed by atoms with Gasteiger partial charge in [0.2, 0.25) is 11.3 Å². The van der Waals surface area contributed by atoms with Crippen LogP contribution in [0.15, 0.2) is 69.9 Å². The Hall–Kier alpha value is -3.87. The summed E-state index contributed by atoms with van der Waals surface area (Å²) in [5.74, 6) is -2.43. The number of amides is 1. The lowest BCUT2D eigenvalue weighted by atomic mass is 10.0. The summed E-state index contributed by atoms with van der Waals surface area (Å²) >= 11 is 0. The lowest BCUT2D eigenvalue weighted by molar-refractivity contribution is -0.115. The van der Waals surface area contributed by atoms with Gasteiger partial charge in [-0.1, -0.05) is 24.3 Å². The molecule has 0 saturated heterocycles. The summed E-state index contributed by atoms with van der Waals surface area (Å²) in [4.78, 5) is 25.2. The summed E-state index contributed by atoms with van der Waals surface area (Å²) in [7, 11) is 0. The number of halogens is 3. The maximum absolute atomic E-state index is 14.2. The Labute approximate surface area is 174 Å². The van der Waals surface area contributed by atoms with Crippen LogP contribution in [-0.2, 0) is 11.2 Å². The van der Waals surface area contributed by atoms with Crippen molar-refractivity contribution in [2.24, 2.45) is 0 Å². The molecule has 0 aliphatic rings. The summed E-state index contributed by atoms with van der Waals surface area (Å²) < 4.78 is 46.7. The Kier molecular flexibility index (Phi) is 5.33. The molecule has 0 fully saturated rings. The molecule has 1 heterocycles. The Balaban J connectivity index is 1.64. The zero-order valence-electron chi connectivity index (χ0n) is 16.3. The highest BCUT2D eigenvalue weighted by Crippen LogP contribution is 2.26. The number of fused-ring (bicyclic) bond motifs is 1. The van der Waals surface area contributed by atoms with Crippen molar-refractivity contribution in [1.82, 2.24) is 0 Å². The van der Waals surface area contributed by atoms with Crippen LogP contribution < -0.4 is 10.7 Å². The first-order valence-electron chi connectivity index (χ1n) is 9.39. The maximum Gasteiger partial charge on any atom is 0.228 e. The Morgan fingerprint density at radius 2 is 1.74 bits per heavy atom. The van der Waals surface area contributed by atoms with Crippen LogP contribution >= 0.6 is 0 Å². The quantitative estimate of drug-likeness (QED) is 0.480. The molecule has 3 aromatic carbocycles. The highest BCUT2D eigenvalue weighted by molar-refractivity contribution is 5.93. The van der Waals surface area contributed by atoms with Gasteiger partial charge in [-0.3, -0.25) is 9.59 Å². The van der Waals surface area contributed by atoms with Gasteiger partial charge >= 0.3 is 0 Å². The first kappa shape index (κ1) is 20.4. The third-order valence-corrected chi connectivity index (χ3v) is 4.85. The van der Waals surface area contributed by atoms with Gasteiger partial charge in [-0.2, -0.15) is 0 Å². The number of hydrogen-bond donors (Lipinski definition) is 1. The van der Waals surface area contributed by atoms with E-state index in [-0.39, 0.29) is 45.4 Å². The highest BCUT2D eigenvalue weighted by Gasteiger charge is 2.17. The predicted molar refractivity (Wildman–Crippen MR) is 111 cm³/mol. The summed E-state index contributed by atoms with van der Waals surface area (Å²) in [6.45, 7) is 1.57. The minimum absolute atomic E-state index is 0.120. The third-order valence-electron chi connectivity index (χ3n) is 4.85. The van der Waals surface area contributed by atoms with E-state index >= 15 is 0 Å². The molecular weight excluding hydrogens is 407 g/mol. The van der Waals surface area contributed by atoms with E-state index in [2.05, 4.69) is 5.32 Å². The van der Waals surface area contributed by atoms with Gasteiger partial charge in [0, 0.05) is 11.6 Å². The molecule has 4 rings (SSSR count). The molecule has 0 bridgehead atoms. The second-order valence-corrected chi connectivity index (χ2v) is 7.02. The SMILES string of the molecule is Cc1oc2cc(CC(=O)Nc3ccc(F)cc3F)ccc2c(=O)c1-c1ccccc1F. The summed E-state index contributed by atoms with van der Waals surface area (Å²) in [6.07, 6.45) is -0.120. The molecule has 0 spiro atoms. The summed E-state index contributed by atoms with van der Waals surface area (Å²) in [5.41, 5.74) is 0.551. The molecule has 0 aliphatic carbocycles. The van der Waals surface area contributed by atoms with E-state index in [0.717, 1.165) is 12.1 Å². The fourth-order valence-corrected chi connectivity index (χ4v) is 3.41. The van der Waals surface area contributed by atoms with Gasteiger partial charge in [0.25, 0.3) is 0 Å². The van der Waals surface area contributed by atoms with E-state index in [1.54, 1.807) is 19.1 Å². The number of carbonyl (C=O) groups excluding carboxylic acids is 1. The molecule has 0 atom stereocenters. The van der Waals surface area contributed by atoms with Gasteiger partial charge in [0.15, 0.2) is 0 Å².